The van der Waals surface area contributed by atoms with E-state index in [0.29, 0.717) is 0 Å². The van der Waals surface area contributed by atoms with Gasteiger partial charge < -0.3 is 16.4 Å². The molecule has 0 aromatic heterocycles. The van der Waals surface area contributed by atoms with E-state index in [1.165, 1.54) is 0 Å². The van der Waals surface area contributed by atoms with Crippen molar-refractivity contribution >= 4 is 0 Å². The van der Waals surface area contributed by atoms with Crippen molar-refractivity contribution in [2.75, 3.05) is 0 Å². The predicted octanol–water partition coefficient (Wildman–Crippen LogP) is -0.364. The number of hydrogen-bond acceptors (Lipinski definition) is 0. The molecule has 0 atom stereocenters. The molecule has 0 aliphatic heterocycles. The molecule has 0 aromatic rings. The molecule has 6 heteroatoms. The summed E-state index contributed by atoms with van der Waals surface area (Å²) in [6.07, 6.45) is 0. The van der Waals surface area contributed by atoms with Gasteiger partial charge in [0.05, 0.1) is 0 Å². The molecule has 0 bridgehead atoms. The first-order chi connectivity index (χ1) is 0. The van der Waals surface area contributed by atoms with Gasteiger partial charge in [0.25, 0.3) is 0 Å². The van der Waals surface area contributed by atoms with E-state index in [1.54, 1.807) is 0 Å². The Labute approximate surface area is 71.4 Å². The van der Waals surface area contributed by atoms with Crippen LogP contribution in [-0.4, -0.2) is 0 Å². The Bertz CT molecular complexity index is 8.75. The van der Waals surface area contributed by atoms with E-state index in [-0.39, 0.29) is 71.6 Å². The van der Waals surface area contributed by atoms with Gasteiger partial charge in [0.1, 0.15) is 0 Å². The molecule has 0 saturated carbocycles. The minimum Gasteiger partial charge on any atom is -2.00 e. The zero-order chi connectivity index (χ0) is 0. The zero-order valence-electron chi connectivity index (χ0n) is 2.34. The molecule has 0 aliphatic carbocycles. The zero-order valence-corrected chi connectivity index (χ0v) is 7.48. The Balaban J connectivity index is 0. The average Bonchev–Trinajstić information content (AvgIpc) is 0. The fraction of sp³-hybridized carbons (Fsp3) is 0. The molecular formula is Fe2O3W. The molecule has 40 valence electrons. The number of hydrogen-bond donors (Lipinski definition) is 0. The fourth-order valence-corrected chi connectivity index (χ4v) is 0. The van der Waals surface area contributed by atoms with Gasteiger partial charge in [-0.25, -0.2) is 0 Å². The first-order valence-electron chi connectivity index (χ1n) is 0. The first kappa shape index (κ1) is 129. The molecule has 0 heterocycles. The van der Waals surface area contributed by atoms with Crippen molar-refractivity contribution in [3.05, 3.63) is 0 Å². The summed E-state index contributed by atoms with van der Waals surface area (Å²) >= 11 is 0. The van der Waals surface area contributed by atoms with Crippen LogP contribution in [0.3, 0.4) is 0 Å². The van der Waals surface area contributed by atoms with E-state index in [2.05, 4.69) is 0 Å². The Hall–Kier alpha value is 1.61. The Morgan fingerprint density at radius 3 is 0.500 bits per heavy atom. The van der Waals surface area contributed by atoms with Gasteiger partial charge in [0, 0.05) is 21.1 Å². The Kier molecular flexibility index (Phi) is 1720. The van der Waals surface area contributed by atoms with Crippen molar-refractivity contribution in [1.29, 1.82) is 0 Å². The smallest absolute Gasteiger partial charge is 2.00 e. The SMILES string of the molecule is [Fe+3].[Fe+3].[O-2].[O-2].[O-2].[W]. The van der Waals surface area contributed by atoms with Gasteiger partial charge in [-0.1, -0.05) is 0 Å². The van der Waals surface area contributed by atoms with E-state index in [4.69, 9.17) is 0 Å². The Morgan fingerprint density at radius 2 is 0.500 bits per heavy atom. The maximum Gasteiger partial charge on any atom is 3.00 e. The average molecular weight is 344 g/mol. The summed E-state index contributed by atoms with van der Waals surface area (Å²) in [5.41, 5.74) is 0. The summed E-state index contributed by atoms with van der Waals surface area (Å²) in [4.78, 5) is 0. The molecule has 0 spiro atoms. The molecule has 2 radical (unpaired) electrons. The molecule has 3 nitrogen and oxygen atoms in total. The summed E-state index contributed by atoms with van der Waals surface area (Å²) in [5, 5.41) is 0. The standard InChI is InChI=1S/2Fe.3O.W/q2*+3;3*-2;. The molecular weight excluding hydrogens is 344 g/mol. The van der Waals surface area contributed by atoms with Crippen LogP contribution in [0.5, 0.6) is 0 Å². The van der Waals surface area contributed by atoms with Crippen LogP contribution in [0, 0.1) is 0 Å². The van der Waals surface area contributed by atoms with E-state index in [1.807, 2.05) is 0 Å². The van der Waals surface area contributed by atoms with Crippen LogP contribution in [0.1, 0.15) is 0 Å². The molecule has 0 aromatic carbocycles. The van der Waals surface area contributed by atoms with Gasteiger partial charge in [-0.3, -0.25) is 0 Å². The normalized spacial score (nSPS) is 0. The summed E-state index contributed by atoms with van der Waals surface area (Å²) in [6.45, 7) is 0. The Morgan fingerprint density at radius 1 is 0.500 bits per heavy atom. The largest absolute Gasteiger partial charge is 3.00 e. The third-order valence-corrected chi connectivity index (χ3v) is 0. The van der Waals surface area contributed by atoms with Crippen molar-refractivity contribution < 1.29 is 71.6 Å². The van der Waals surface area contributed by atoms with Gasteiger partial charge in [-0.05, 0) is 0 Å². The van der Waals surface area contributed by atoms with Gasteiger partial charge in [0.15, 0.2) is 0 Å². The monoisotopic (exact) mass is 344 g/mol. The maximum absolute atomic E-state index is 0. The van der Waals surface area contributed by atoms with Gasteiger partial charge in [-0.2, -0.15) is 0 Å². The maximum atomic E-state index is 0. The third-order valence-electron chi connectivity index (χ3n) is 0. The van der Waals surface area contributed by atoms with Crippen LogP contribution in [0.4, 0.5) is 0 Å². The van der Waals surface area contributed by atoms with Crippen LogP contribution in [0.2, 0.25) is 0 Å². The van der Waals surface area contributed by atoms with Crippen molar-refractivity contribution in [3.63, 3.8) is 0 Å². The van der Waals surface area contributed by atoms with Crippen molar-refractivity contribution in [1.82, 2.24) is 0 Å². The molecule has 0 unspecified atom stereocenters. The topological polar surface area (TPSA) is 85.5 Å². The van der Waals surface area contributed by atoms with Crippen LogP contribution in [0.25, 0.3) is 0 Å². The van der Waals surface area contributed by atoms with Crippen LogP contribution in [0.15, 0.2) is 0 Å². The van der Waals surface area contributed by atoms with E-state index in [9.17, 15) is 0 Å². The van der Waals surface area contributed by atoms with Crippen molar-refractivity contribution in [3.8, 4) is 0 Å². The predicted molar refractivity (Wildman–Crippen MR) is 2.06 cm³/mol. The molecule has 0 amide bonds. The molecule has 0 N–H and O–H groups in total. The van der Waals surface area contributed by atoms with E-state index < -0.39 is 0 Å². The number of rotatable bonds is 0. The quantitative estimate of drug-likeness (QED) is 0.538. The first-order valence-corrected chi connectivity index (χ1v) is 0. The van der Waals surface area contributed by atoms with Gasteiger partial charge >= 0.3 is 34.1 Å². The third kappa shape index (κ3) is 46.1. The molecule has 0 aliphatic rings. The minimum atomic E-state index is 0. The fourth-order valence-electron chi connectivity index (χ4n) is 0. The molecule has 0 fully saturated rings. The molecule has 0 rings (SSSR count). The van der Waals surface area contributed by atoms with Crippen LogP contribution >= 0.6 is 0 Å². The summed E-state index contributed by atoms with van der Waals surface area (Å²) in [7, 11) is 0. The molecule has 6 heavy (non-hydrogen) atoms. The summed E-state index contributed by atoms with van der Waals surface area (Å²) in [5.74, 6) is 0. The second-order valence-electron chi connectivity index (χ2n) is 0. The van der Waals surface area contributed by atoms with E-state index >= 15 is 0 Å². The van der Waals surface area contributed by atoms with Crippen LogP contribution < -0.4 is 0 Å². The van der Waals surface area contributed by atoms with Gasteiger partial charge in [0.2, 0.25) is 0 Å². The second kappa shape index (κ2) is 80.4. The molecule has 0 saturated heterocycles. The van der Waals surface area contributed by atoms with Crippen molar-refractivity contribution in [2.45, 2.75) is 0 Å². The summed E-state index contributed by atoms with van der Waals surface area (Å²) < 4.78 is 0. The van der Waals surface area contributed by atoms with Crippen molar-refractivity contribution in [2.24, 2.45) is 0 Å². The second-order valence-corrected chi connectivity index (χ2v) is 0. The minimum absolute atomic E-state index is 0. The van der Waals surface area contributed by atoms with Gasteiger partial charge in [-0.15, -0.1) is 0 Å². The van der Waals surface area contributed by atoms with E-state index in [0.717, 1.165) is 0 Å². The summed E-state index contributed by atoms with van der Waals surface area (Å²) in [6, 6.07) is 0. The van der Waals surface area contributed by atoms with Crippen LogP contribution in [-0.2, 0) is 71.6 Å².